The van der Waals surface area contributed by atoms with Crippen molar-refractivity contribution < 1.29 is 0 Å². The second kappa shape index (κ2) is 4.86. The summed E-state index contributed by atoms with van der Waals surface area (Å²) in [6.45, 7) is 6.42. The van der Waals surface area contributed by atoms with E-state index >= 15 is 0 Å². The molecule has 70 valence electrons. The van der Waals surface area contributed by atoms with Crippen molar-refractivity contribution in [3.05, 3.63) is 47.1 Å². The maximum Gasteiger partial charge on any atom is -0.0244 e. The fourth-order valence-corrected chi connectivity index (χ4v) is 1.53. The molecule has 1 aliphatic rings. The van der Waals surface area contributed by atoms with Gasteiger partial charge in [-0.3, -0.25) is 0 Å². The molecule has 0 aromatic carbocycles. The molecule has 0 heteroatoms. The summed E-state index contributed by atoms with van der Waals surface area (Å²) >= 11 is 0. The average molecular weight is 174 g/mol. The minimum absolute atomic E-state index is 1.18. The first-order valence-electron chi connectivity index (χ1n) is 4.87. The van der Waals surface area contributed by atoms with Gasteiger partial charge < -0.3 is 0 Å². The molecule has 0 N–H and O–H groups in total. The van der Waals surface area contributed by atoms with Gasteiger partial charge in [0.05, 0.1) is 0 Å². The summed E-state index contributed by atoms with van der Waals surface area (Å²) in [5.74, 6) is 0. The minimum atomic E-state index is 1.18. The Morgan fingerprint density at radius 3 is 2.62 bits per heavy atom. The summed E-state index contributed by atoms with van der Waals surface area (Å²) in [5.41, 5.74) is 4.15. The van der Waals surface area contributed by atoms with E-state index in [1.807, 2.05) is 0 Å². The first kappa shape index (κ1) is 10.0. The lowest BCUT2D eigenvalue weighted by molar-refractivity contribution is 0.988. The molecule has 0 saturated heterocycles. The lowest BCUT2D eigenvalue weighted by atomic mass is 10.0. The van der Waals surface area contributed by atoms with E-state index in [2.05, 4.69) is 51.2 Å². The third kappa shape index (κ3) is 3.93. The fraction of sp³-hybridized carbons (Fsp3) is 0.385. The van der Waals surface area contributed by atoms with E-state index in [4.69, 9.17) is 0 Å². The maximum atomic E-state index is 2.27. The zero-order valence-corrected chi connectivity index (χ0v) is 8.80. The normalized spacial score (nSPS) is 16.8. The van der Waals surface area contributed by atoms with Crippen molar-refractivity contribution in [3.63, 3.8) is 0 Å². The van der Waals surface area contributed by atoms with Crippen LogP contribution in [-0.2, 0) is 0 Å². The predicted molar refractivity (Wildman–Crippen MR) is 59.6 cm³/mol. The van der Waals surface area contributed by atoms with Gasteiger partial charge in [0.1, 0.15) is 0 Å². The van der Waals surface area contributed by atoms with Crippen molar-refractivity contribution in [2.24, 2.45) is 0 Å². The Morgan fingerprint density at radius 1 is 1.31 bits per heavy atom. The Morgan fingerprint density at radius 2 is 2.08 bits per heavy atom. The topological polar surface area (TPSA) is 0 Å². The third-order valence-electron chi connectivity index (χ3n) is 1.98. The van der Waals surface area contributed by atoms with Gasteiger partial charge in [-0.2, -0.15) is 0 Å². The number of hydrogen-bond acceptors (Lipinski definition) is 0. The standard InChI is InChI=1S/C13H18/c1-11(2)9-12(3)10-13-7-5-4-6-8-13/h4-5,7,9-10H,6,8H2,1-3H3. The first-order chi connectivity index (χ1) is 6.18. The van der Waals surface area contributed by atoms with Gasteiger partial charge in [-0.1, -0.05) is 41.5 Å². The van der Waals surface area contributed by atoms with Crippen LogP contribution in [0.4, 0.5) is 0 Å². The summed E-state index contributed by atoms with van der Waals surface area (Å²) in [6.07, 6.45) is 13.4. The Hall–Kier alpha value is -1.04. The highest BCUT2D eigenvalue weighted by Gasteiger charge is 1.95. The molecule has 0 bridgehead atoms. The zero-order chi connectivity index (χ0) is 9.68. The van der Waals surface area contributed by atoms with Gasteiger partial charge in [-0.15, -0.1) is 0 Å². The van der Waals surface area contributed by atoms with Gasteiger partial charge in [0.2, 0.25) is 0 Å². The summed E-state index contributed by atoms with van der Waals surface area (Å²) in [7, 11) is 0. The molecule has 0 aromatic heterocycles. The monoisotopic (exact) mass is 174 g/mol. The molecule has 0 saturated carbocycles. The minimum Gasteiger partial charge on any atom is -0.0842 e. The molecule has 13 heavy (non-hydrogen) atoms. The molecule has 0 fully saturated rings. The van der Waals surface area contributed by atoms with Crippen molar-refractivity contribution in [3.8, 4) is 0 Å². The van der Waals surface area contributed by atoms with E-state index in [-0.39, 0.29) is 0 Å². The Bertz CT molecular complexity index is 281. The fourth-order valence-electron chi connectivity index (χ4n) is 1.53. The van der Waals surface area contributed by atoms with Crippen LogP contribution < -0.4 is 0 Å². The van der Waals surface area contributed by atoms with Crippen LogP contribution in [0.5, 0.6) is 0 Å². The number of hydrogen-bond donors (Lipinski definition) is 0. The van der Waals surface area contributed by atoms with Crippen molar-refractivity contribution in [2.45, 2.75) is 33.6 Å². The van der Waals surface area contributed by atoms with Crippen LogP contribution in [0.15, 0.2) is 47.1 Å². The van der Waals surface area contributed by atoms with Crippen molar-refractivity contribution >= 4 is 0 Å². The molecular formula is C13H18. The maximum absolute atomic E-state index is 2.27. The highest BCUT2D eigenvalue weighted by Crippen LogP contribution is 2.15. The number of allylic oxidation sites excluding steroid dienone is 8. The molecule has 0 amide bonds. The summed E-state index contributed by atoms with van der Waals surface area (Å²) in [6, 6.07) is 0. The molecule has 0 nitrogen and oxygen atoms in total. The van der Waals surface area contributed by atoms with Gasteiger partial charge >= 0.3 is 0 Å². The van der Waals surface area contributed by atoms with E-state index in [0.29, 0.717) is 0 Å². The van der Waals surface area contributed by atoms with Gasteiger partial charge in [-0.05, 0) is 39.2 Å². The molecule has 0 aliphatic heterocycles. The Balaban J connectivity index is 2.69. The predicted octanol–water partition coefficient (Wildman–Crippen LogP) is 4.18. The Kier molecular flexibility index (Phi) is 3.75. The van der Waals surface area contributed by atoms with Crippen LogP contribution in [0.1, 0.15) is 33.6 Å². The molecule has 1 aliphatic carbocycles. The van der Waals surface area contributed by atoms with Crippen LogP contribution in [0.2, 0.25) is 0 Å². The van der Waals surface area contributed by atoms with Crippen molar-refractivity contribution in [1.29, 1.82) is 0 Å². The summed E-state index contributed by atoms with van der Waals surface area (Å²) in [4.78, 5) is 0. The van der Waals surface area contributed by atoms with Gasteiger partial charge in [-0.25, -0.2) is 0 Å². The van der Waals surface area contributed by atoms with E-state index in [1.165, 1.54) is 29.6 Å². The number of rotatable bonds is 2. The average Bonchev–Trinajstić information content (AvgIpc) is 2.04. The van der Waals surface area contributed by atoms with Gasteiger partial charge in [0, 0.05) is 0 Å². The van der Waals surface area contributed by atoms with Crippen LogP contribution in [-0.4, -0.2) is 0 Å². The lowest BCUT2D eigenvalue weighted by Gasteiger charge is -2.04. The zero-order valence-electron chi connectivity index (χ0n) is 8.80. The van der Waals surface area contributed by atoms with Crippen molar-refractivity contribution in [2.75, 3.05) is 0 Å². The van der Waals surface area contributed by atoms with Crippen LogP contribution >= 0.6 is 0 Å². The lowest BCUT2D eigenvalue weighted by Crippen LogP contribution is -1.84. The van der Waals surface area contributed by atoms with E-state index < -0.39 is 0 Å². The SMILES string of the molecule is CC(C)=CC(C)=CC1=CC=CCC1. The molecule has 0 heterocycles. The van der Waals surface area contributed by atoms with E-state index in [1.54, 1.807) is 0 Å². The molecular weight excluding hydrogens is 156 g/mol. The van der Waals surface area contributed by atoms with Gasteiger partial charge in [0.15, 0.2) is 0 Å². The Labute approximate surface area is 81.4 Å². The molecule has 1 rings (SSSR count). The summed E-state index contributed by atoms with van der Waals surface area (Å²) < 4.78 is 0. The van der Waals surface area contributed by atoms with Crippen LogP contribution in [0.3, 0.4) is 0 Å². The van der Waals surface area contributed by atoms with E-state index in [0.717, 1.165) is 0 Å². The third-order valence-corrected chi connectivity index (χ3v) is 1.98. The largest absolute Gasteiger partial charge is 0.0842 e. The molecule has 0 aromatic rings. The first-order valence-corrected chi connectivity index (χ1v) is 4.87. The highest BCUT2D eigenvalue weighted by molar-refractivity contribution is 5.34. The quantitative estimate of drug-likeness (QED) is 0.551. The molecule has 0 radical (unpaired) electrons. The molecule has 0 spiro atoms. The van der Waals surface area contributed by atoms with Crippen LogP contribution in [0, 0.1) is 0 Å². The molecule has 0 unspecified atom stereocenters. The van der Waals surface area contributed by atoms with Gasteiger partial charge in [0.25, 0.3) is 0 Å². The van der Waals surface area contributed by atoms with E-state index in [9.17, 15) is 0 Å². The molecule has 0 atom stereocenters. The van der Waals surface area contributed by atoms with Crippen molar-refractivity contribution in [1.82, 2.24) is 0 Å². The smallest absolute Gasteiger partial charge is 0.0244 e. The summed E-state index contributed by atoms with van der Waals surface area (Å²) in [5, 5.41) is 0. The second-order valence-corrected chi connectivity index (χ2v) is 3.82. The van der Waals surface area contributed by atoms with Crippen LogP contribution in [0.25, 0.3) is 0 Å². The second-order valence-electron chi connectivity index (χ2n) is 3.82. The highest BCUT2D eigenvalue weighted by atomic mass is 14.0.